The van der Waals surface area contributed by atoms with Crippen molar-refractivity contribution in [3.63, 3.8) is 0 Å². The van der Waals surface area contributed by atoms with Gasteiger partial charge in [-0.15, -0.1) is 0 Å². The molecular weight excluding hydrogens is 192 g/mol. The molecule has 0 aliphatic heterocycles. The Hall–Kier alpha value is -1.58. The number of hydrogen-bond acceptors (Lipinski definition) is 2. The summed E-state index contributed by atoms with van der Waals surface area (Å²) in [5.41, 5.74) is 0.620. The van der Waals surface area contributed by atoms with E-state index in [1.165, 1.54) is 0 Å². The maximum Gasteiger partial charge on any atom is 0.222 e. The zero-order chi connectivity index (χ0) is 10.7. The van der Waals surface area contributed by atoms with Crippen LogP contribution in [-0.2, 0) is 11.3 Å². The average Bonchev–Trinajstić information content (AvgIpc) is 2.92. The largest absolute Gasteiger partial charge is 0.353 e. The molecule has 1 aliphatic rings. The summed E-state index contributed by atoms with van der Waals surface area (Å²) in [6, 6.07) is 3.96. The number of hydrogen-bond donors (Lipinski definition) is 1. The van der Waals surface area contributed by atoms with Crippen LogP contribution in [0.1, 0.15) is 29.8 Å². The van der Waals surface area contributed by atoms with Gasteiger partial charge in [0.1, 0.15) is 0 Å². The van der Waals surface area contributed by atoms with Gasteiger partial charge in [-0.25, -0.2) is 0 Å². The molecule has 4 nitrogen and oxygen atoms in total. The van der Waals surface area contributed by atoms with E-state index >= 15 is 0 Å². The quantitative estimate of drug-likeness (QED) is 0.730. The van der Waals surface area contributed by atoms with Crippen molar-refractivity contribution in [2.45, 2.75) is 31.8 Å². The molecule has 1 saturated carbocycles. The summed E-state index contributed by atoms with van der Waals surface area (Å²) in [7, 11) is 0. The predicted molar refractivity (Wildman–Crippen MR) is 55.6 cm³/mol. The average molecular weight is 206 g/mol. The molecule has 1 fully saturated rings. The van der Waals surface area contributed by atoms with Crippen molar-refractivity contribution >= 4 is 12.2 Å². The number of rotatable bonds is 5. The van der Waals surface area contributed by atoms with E-state index in [0.29, 0.717) is 24.7 Å². The molecule has 1 aromatic rings. The molecule has 0 spiro atoms. The van der Waals surface area contributed by atoms with Crippen LogP contribution in [0.2, 0.25) is 0 Å². The van der Waals surface area contributed by atoms with Crippen molar-refractivity contribution in [2.75, 3.05) is 0 Å². The fraction of sp³-hybridized carbons (Fsp3) is 0.455. The minimum atomic E-state index is 0.0723. The number of aromatic nitrogens is 1. The van der Waals surface area contributed by atoms with Crippen molar-refractivity contribution in [1.29, 1.82) is 0 Å². The summed E-state index contributed by atoms with van der Waals surface area (Å²) in [5, 5.41) is 2.91. The van der Waals surface area contributed by atoms with Crippen LogP contribution in [0.4, 0.5) is 0 Å². The summed E-state index contributed by atoms with van der Waals surface area (Å²) in [6.45, 7) is 0.569. The number of aldehydes is 1. The van der Waals surface area contributed by atoms with Crippen molar-refractivity contribution < 1.29 is 9.59 Å². The lowest BCUT2D eigenvalue weighted by Gasteiger charge is -2.05. The number of carbonyl (C=O) groups excluding carboxylic acids is 2. The molecule has 1 amide bonds. The number of nitrogens with zero attached hydrogens (tertiary/aromatic N) is 1. The molecule has 0 atom stereocenters. The molecular formula is C11H14N2O2. The zero-order valence-electron chi connectivity index (χ0n) is 8.48. The minimum Gasteiger partial charge on any atom is -0.353 e. The zero-order valence-corrected chi connectivity index (χ0v) is 8.48. The van der Waals surface area contributed by atoms with Gasteiger partial charge in [-0.3, -0.25) is 9.59 Å². The van der Waals surface area contributed by atoms with Crippen LogP contribution >= 0.6 is 0 Å². The van der Waals surface area contributed by atoms with Gasteiger partial charge in [-0.2, -0.15) is 0 Å². The molecule has 0 saturated heterocycles. The summed E-state index contributed by atoms with van der Waals surface area (Å²) in [5.74, 6) is 0.0723. The van der Waals surface area contributed by atoms with Crippen LogP contribution in [0.5, 0.6) is 0 Å². The third-order valence-corrected chi connectivity index (χ3v) is 2.51. The summed E-state index contributed by atoms with van der Waals surface area (Å²) >= 11 is 0. The molecule has 0 radical (unpaired) electrons. The molecule has 0 bridgehead atoms. The molecule has 1 N–H and O–H groups in total. The van der Waals surface area contributed by atoms with Gasteiger partial charge < -0.3 is 9.88 Å². The van der Waals surface area contributed by atoms with Crippen LogP contribution in [-0.4, -0.2) is 22.8 Å². The van der Waals surface area contributed by atoms with Crippen molar-refractivity contribution in [3.8, 4) is 0 Å². The van der Waals surface area contributed by atoms with E-state index < -0.39 is 0 Å². The van der Waals surface area contributed by atoms with E-state index in [-0.39, 0.29) is 5.91 Å². The van der Waals surface area contributed by atoms with Gasteiger partial charge in [0.05, 0.1) is 5.69 Å². The highest BCUT2D eigenvalue weighted by molar-refractivity contribution is 5.77. The van der Waals surface area contributed by atoms with E-state index in [1.54, 1.807) is 10.6 Å². The van der Waals surface area contributed by atoms with Gasteiger partial charge in [-0.05, 0) is 25.0 Å². The van der Waals surface area contributed by atoms with Crippen LogP contribution in [0.25, 0.3) is 0 Å². The van der Waals surface area contributed by atoms with Crippen LogP contribution in [0.15, 0.2) is 18.3 Å². The second-order valence-corrected chi connectivity index (χ2v) is 3.84. The van der Waals surface area contributed by atoms with E-state index in [0.717, 1.165) is 19.1 Å². The number of amides is 1. The second kappa shape index (κ2) is 4.29. The molecule has 0 aromatic carbocycles. The number of aryl methyl sites for hydroxylation is 1. The third-order valence-electron chi connectivity index (χ3n) is 2.51. The first-order valence-corrected chi connectivity index (χ1v) is 5.19. The van der Waals surface area contributed by atoms with Gasteiger partial charge in [0.2, 0.25) is 5.91 Å². The topological polar surface area (TPSA) is 51.1 Å². The van der Waals surface area contributed by atoms with Crippen molar-refractivity contribution in [3.05, 3.63) is 24.0 Å². The Morgan fingerprint density at radius 1 is 1.60 bits per heavy atom. The third kappa shape index (κ3) is 2.68. The maximum atomic E-state index is 11.4. The lowest BCUT2D eigenvalue weighted by Crippen LogP contribution is -2.26. The first-order valence-electron chi connectivity index (χ1n) is 5.19. The molecule has 1 aliphatic carbocycles. The first-order chi connectivity index (χ1) is 7.29. The minimum absolute atomic E-state index is 0.0723. The van der Waals surface area contributed by atoms with Gasteiger partial charge in [0.25, 0.3) is 0 Å². The Balaban J connectivity index is 1.81. The normalized spacial score (nSPS) is 14.9. The van der Waals surface area contributed by atoms with Gasteiger partial charge in [0, 0.05) is 25.2 Å². The van der Waals surface area contributed by atoms with Crippen molar-refractivity contribution in [2.24, 2.45) is 0 Å². The Labute approximate surface area is 88.3 Å². The molecule has 1 aromatic heterocycles. The monoisotopic (exact) mass is 206 g/mol. The molecule has 1 heterocycles. The Kier molecular flexibility index (Phi) is 2.85. The summed E-state index contributed by atoms with van der Waals surface area (Å²) in [6.07, 6.45) is 5.27. The molecule has 0 unspecified atom stereocenters. The van der Waals surface area contributed by atoms with Crippen LogP contribution in [0.3, 0.4) is 0 Å². The highest BCUT2D eigenvalue weighted by atomic mass is 16.1. The standard InChI is InChI=1S/C11H14N2O2/c14-8-10-2-1-6-13(10)7-5-11(15)12-9-3-4-9/h1-2,6,8-9H,3-5,7H2,(H,12,15). The van der Waals surface area contributed by atoms with E-state index in [2.05, 4.69) is 5.32 Å². The van der Waals surface area contributed by atoms with E-state index in [9.17, 15) is 9.59 Å². The summed E-state index contributed by atoms with van der Waals surface area (Å²) in [4.78, 5) is 22.0. The van der Waals surface area contributed by atoms with Gasteiger partial charge in [0.15, 0.2) is 6.29 Å². The van der Waals surface area contributed by atoms with E-state index in [1.807, 2.05) is 12.3 Å². The van der Waals surface area contributed by atoms with Crippen LogP contribution < -0.4 is 5.32 Å². The van der Waals surface area contributed by atoms with Gasteiger partial charge in [-0.1, -0.05) is 0 Å². The maximum absolute atomic E-state index is 11.4. The highest BCUT2D eigenvalue weighted by Gasteiger charge is 2.22. The first kappa shape index (κ1) is 9.96. The fourth-order valence-corrected chi connectivity index (χ4v) is 1.49. The predicted octanol–water partition coefficient (Wildman–Crippen LogP) is 0.969. The highest BCUT2D eigenvalue weighted by Crippen LogP contribution is 2.18. The smallest absolute Gasteiger partial charge is 0.222 e. The van der Waals surface area contributed by atoms with E-state index in [4.69, 9.17) is 0 Å². The van der Waals surface area contributed by atoms with Crippen molar-refractivity contribution in [1.82, 2.24) is 9.88 Å². The number of nitrogens with one attached hydrogen (secondary N) is 1. The Bertz CT molecular complexity index is 366. The Morgan fingerprint density at radius 2 is 2.40 bits per heavy atom. The fourth-order valence-electron chi connectivity index (χ4n) is 1.49. The number of carbonyl (C=O) groups is 2. The Morgan fingerprint density at radius 3 is 3.07 bits per heavy atom. The molecule has 80 valence electrons. The lowest BCUT2D eigenvalue weighted by atomic mass is 10.3. The molecule has 4 heteroatoms. The molecule has 15 heavy (non-hydrogen) atoms. The second-order valence-electron chi connectivity index (χ2n) is 3.84. The van der Waals surface area contributed by atoms with Gasteiger partial charge >= 0.3 is 0 Å². The lowest BCUT2D eigenvalue weighted by molar-refractivity contribution is -0.121. The molecule has 2 rings (SSSR count). The summed E-state index contributed by atoms with van der Waals surface area (Å²) < 4.78 is 1.79. The SMILES string of the molecule is O=Cc1cccn1CCC(=O)NC1CC1. The van der Waals surface area contributed by atoms with Crippen LogP contribution in [0, 0.1) is 0 Å².